The van der Waals surface area contributed by atoms with Gasteiger partial charge in [-0.2, -0.15) is 0 Å². The van der Waals surface area contributed by atoms with E-state index >= 15 is 0 Å². The molecule has 2 heterocycles. The Kier molecular flexibility index (Phi) is 7.37. The molecule has 0 bridgehead atoms. The highest BCUT2D eigenvalue weighted by molar-refractivity contribution is 6.03. The van der Waals surface area contributed by atoms with Gasteiger partial charge in [-0.15, -0.1) is 24.8 Å². The van der Waals surface area contributed by atoms with Crippen LogP contribution >= 0.6 is 24.8 Å². The van der Waals surface area contributed by atoms with E-state index in [1.807, 2.05) is 0 Å². The van der Waals surface area contributed by atoms with E-state index in [1.165, 1.54) is 55.7 Å². The number of hydrogen-bond donors (Lipinski definition) is 0. The number of nitrogens with zero attached hydrogens (tertiary/aromatic N) is 2. The summed E-state index contributed by atoms with van der Waals surface area (Å²) in [6.07, 6.45) is 6.31. The van der Waals surface area contributed by atoms with E-state index < -0.39 is 0 Å². The molecule has 0 unspecified atom stereocenters. The molecule has 2 nitrogen and oxygen atoms in total. The summed E-state index contributed by atoms with van der Waals surface area (Å²) in [6.45, 7) is 8.23. The monoisotopic (exact) mass is 342 g/mol. The lowest BCUT2D eigenvalue weighted by Gasteiger charge is -2.31. The highest BCUT2D eigenvalue weighted by Gasteiger charge is 2.26. The molecule has 1 aromatic carbocycles. The van der Waals surface area contributed by atoms with E-state index in [-0.39, 0.29) is 30.4 Å². The fourth-order valence-electron chi connectivity index (χ4n) is 3.52. The molecule has 0 atom stereocenters. The van der Waals surface area contributed by atoms with E-state index in [9.17, 15) is 0 Å². The van der Waals surface area contributed by atoms with Crippen molar-refractivity contribution in [2.24, 2.45) is 4.99 Å². The molecule has 2 aliphatic heterocycles. The SMILES string of the molecule is CC1(C)Cc2ccccc2C(CCN2CCCCC2)=N1.Cl.Cl. The minimum Gasteiger partial charge on any atom is -0.303 e. The molecule has 0 N–H and O–H groups in total. The van der Waals surface area contributed by atoms with Gasteiger partial charge in [-0.3, -0.25) is 4.99 Å². The van der Waals surface area contributed by atoms with Gasteiger partial charge in [0.25, 0.3) is 0 Å². The molecule has 22 heavy (non-hydrogen) atoms. The third-order valence-corrected chi connectivity index (χ3v) is 4.50. The minimum absolute atomic E-state index is 0. The third-order valence-electron chi connectivity index (χ3n) is 4.50. The first kappa shape index (κ1) is 19.5. The Hall–Kier alpha value is -0.570. The molecule has 4 heteroatoms. The zero-order valence-electron chi connectivity index (χ0n) is 13.7. The summed E-state index contributed by atoms with van der Waals surface area (Å²) in [4.78, 5) is 7.64. The standard InChI is InChI=1S/C18H26N2.2ClH/c1-18(2)14-15-8-4-5-9-16(15)17(19-18)10-13-20-11-6-3-7-12-20;;/h4-5,8-9H,3,6-7,10-14H2,1-2H3;2*1H. The Morgan fingerprint density at radius 2 is 1.73 bits per heavy atom. The first-order valence-corrected chi connectivity index (χ1v) is 8.03. The first-order chi connectivity index (χ1) is 9.64. The zero-order chi connectivity index (χ0) is 14.0. The third kappa shape index (κ3) is 4.71. The summed E-state index contributed by atoms with van der Waals surface area (Å²) < 4.78 is 0. The lowest BCUT2D eigenvalue weighted by molar-refractivity contribution is 0.234. The first-order valence-electron chi connectivity index (χ1n) is 8.03. The Labute approximate surface area is 147 Å². The van der Waals surface area contributed by atoms with Gasteiger partial charge < -0.3 is 4.90 Å². The molecular weight excluding hydrogens is 315 g/mol. The van der Waals surface area contributed by atoms with E-state index in [4.69, 9.17) is 4.99 Å². The number of hydrogen-bond acceptors (Lipinski definition) is 2. The molecular formula is C18H28Cl2N2. The molecule has 0 aliphatic carbocycles. The number of piperidine rings is 1. The molecule has 2 aliphatic rings. The van der Waals surface area contributed by atoms with Crippen LogP contribution in [0.2, 0.25) is 0 Å². The van der Waals surface area contributed by atoms with E-state index in [2.05, 4.69) is 43.0 Å². The Bertz CT molecular complexity index is 506. The van der Waals surface area contributed by atoms with Crippen LogP contribution in [-0.4, -0.2) is 35.8 Å². The average Bonchev–Trinajstić information content (AvgIpc) is 2.45. The number of halogens is 2. The normalized spacial score (nSPS) is 20.2. The average molecular weight is 343 g/mol. The van der Waals surface area contributed by atoms with Crippen LogP contribution in [0, 0.1) is 0 Å². The lowest BCUT2D eigenvalue weighted by atomic mass is 9.86. The van der Waals surface area contributed by atoms with Crippen LogP contribution in [0.25, 0.3) is 0 Å². The maximum Gasteiger partial charge on any atom is 0.0596 e. The van der Waals surface area contributed by atoms with Crippen molar-refractivity contribution >= 4 is 30.5 Å². The van der Waals surface area contributed by atoms with Gasteiger partial charge in [0.1, 0.15) is 0 Å². The highest BCUT2D eigenvalue weighted by atomic mass is 35.5. The number of rotatable bonds is 3. The molecule has 0 saturated carbocycles. The van der Waals surface area contributed by atoms with Gasteiger partial charge in [0.05, 0.1) is 5.54 Å². The van der Waals surface area contributed by atoms with Crippen LogP contribution in [0.4, 0.5) is 0 Å². The van der Waals surface area contributed by atoms with Crippen molar-refractivity contribution in [3.05, 3.63) is 35.4 Å². The van der Waals surface area contributed by atoms with Crippen molar-refractivity contribution in [3.8, 4) is 0 Å². The topological polar surface area (TPSA) is 15.6 Å². The zero-order valence-corrected chi connectivity index (χ0v) is 15.3. The predicted octanol–water partition coefficient (Wildman–Crippen LogP) is 4.53. The van der Waals surface area contributed by atoms with Crippen LogP contribution < -0.4 is 0 Å². The van der Waals surface area contributed by atoms with Gasteiger partial charge >= 0.3 is 0 Å². The Morgan fingerprint density at radius 1 is 1.05 bits per heavy atom. The van der Waals surface area contributed by atoms with Crippen molar-refractivity contribution < 1.29 is 0 Å². The Balaban J connectivity index is 0.00000121. The van der Waals surface area contributed by atoms with Gasteiger partial charge in [0, 0.05) is 18.7 Å². The molecule has 0 aromatic heterocycles. The summed E-state index contributed by atoms with van der Waals surface area (Å²) >= 11 is 0. The van der Waals surface area contributed by atoms with Gasteiger partial charge in [-0.1, -0.05) is 30.7 Å². The summed E-state index contributed by atoms with van der Waals surface area (Å²) in [5.41, 5.74) is 4.25. The maximum absolute atomic E-state index is 5.03. The van der Waals surface area contributed by atoms with Crippen LogP contribution in [0.3, 0.4) is 0 Å². The van der Waals surface area contributed by atoms with Crippen molar-refractivity contribution in [2.75, 3.05) is 19.6 Å². The van der Waals surface area contributed by atoms with Crippen LogP contribution in [0.1, 0.15) is 50.7 Å². The molecule has 0 radical (unpaired) electrons. The van der Waals surface area contributed by atoms with Crippen LogP contribution in [0.15, 0.2) is 29.3 Å². The largest absolute Gasteiger partial charge is 0.303 e. The summed E-state index contributed by atoms with van der Waals surface area (Å²) in [6, 6.07) is 8.82. The highest BCUT2D eigenvalue weighted by Crippen LogP contribution is 2.28. The molecule has 124 valence electrons. The van der Waals surface area contributed by atoms with Gasteiger partial charge in [-0.25, -0.2) is 0 Å². The Morgan fingerprint density at radius 3 is 2.45 bits per heavy atom. The van der Waals surface area contributed by atoms with E-state index in [0.717, 1.165) is 12.8 Å². The fraction of sp³-hybridized carbons (Fsp3) is 0.611. The van der Waals surface area contributed by atoms with Crippen LogP contribution in [0.5, 0.6) is 0 Å². The lowest BCUT2D eigenvalue weighted by Crippen LogP contribution is -2.34. The molecule has 0 spiro atoms. The van der Waals surface area contributed by atoms with Crippen molar-refractivity contribution in [3.63, 3.8) is 0 Å². The molecule has 1 fully saturated rings. The molecule has 1 saturated heterocycles. The second kappa shape index (κ2) is 8.33. The summed E-state index contributed by atoms with van der Waals surface area (Å²) in [5, 5.41) is 0. The molecule has 3 rings (SSSR count). The van der Waals surface area contributed by atoms with Gasteiger partial charge in [0.2, 0.25) is 0 Å². The summed E-state index contributed by atoms with van der Waals surface area (Å²) in [5.74, 6) is 0. The maximum atomic E-state index is 5.03. The number of aliphatic imine (C=N–C) groups is 1. The van der Waals surface area contributed by atoms with Crippen molar-refractivity contribution in [2.45, 2.75) is 51.5 Å². The number of likely N-dealkylation sites (tertiary alicyclic amines) is 1. The quantitative estimate of drug-likeness (QED) is 0.787. The second-order valence-corrected chi connectivity index (χ2v) is 6.86. The molecule has 0 amide bonds. The smallest absolute Gasteiger partial charge is 0.0596 e. The van der Waals surface area contributed by atoms with E-state index in [1.54, 1.807) is 0 Å². The number of fused-ring (bicyclic) bond motifs is 1. The van der Waals surface area contributed by atoms with Gasteiger partial charge in [0.15, 0.2) is 0 Å². The second-order valence-electron chi connectivity index (χ2n) is 6.86. The number of benzene rings is 1. The van der Waals surface area contributed by atoms with Crippen molar-refractivity contribution in [1.29, 1.82) is 0 Å². The predicted molar refractivity (Wildman–Crippen MR) is 100 cm³/mol. The van der Waals surface area contributed by atoms with Crippen LogP contribution in [-0.2, 0) is 6.42 Å². The van der Waals surface area contributed by atoms with Gasteiger partial charge in [-0.05, 0) is 57.3 Å². The fourth-order valence-corrected chi connectivity index (χ4v) is 3.52. The minimum atomic E-state index is 0. The molecule has 1 aromatic rings. The summed E-state index contributed by atoms with van der Waals surface area (Å²) in [7, 11) is 0. The van der Waals surface area contributed by atoms with Crippen molar-refractivity contribution in [1.82, 2.24) is 4.90 Å². The van der Waals surface area contributed by atoms with E-state index in [0.29, 0.717) is 0 Å².